The van der Waals surface area contributed by atoms with E-state index in [0.29, 0.717) is 46.0 Å². The van der Waals surface area contributed by atoms with Crippen LogP contribution < -0.4 is 20.1 Å². The molecule has 3 rings (SSSR count). The standard InChI is InChI=1S/C19H20ClN7O2/c1-22-4-3-5-29-16-7-12(20)6-15(28-2)19(16)14-8-17(27-26-14)25-18-11-23-13(9-21)10-24-18/h6-8,10-11,22H,3-5H2,1-2H3,(H2,24,25,26,27). The van der Waals surface area contributed by atoms with Crippen molar-refractivity contribution in [3.63, 3.8) is 0 Å². The molecule has 0 saturated carbocycles. The van der Waals surface area contributed by atoms with Crippen molar-refractivity contribution in [1.82, 2.24) is 25.5 Å². The molecule has 0 aliphatic heterocycles. The lowest BCUT2D eigenvalue weighted by atomic mass is 10.1. The summed E-state index contributed by atoms with van der Waals surface area (Å²) < 4.78 is 11.4. The van der Waals surface area contributed by atoms with Gasteiger partial charge in [0.05, 0.1) is 37.4 Å². The van der Waals surface area contributed by atoms with Crippen LogP contribution in [0.15, 0.2) is 30.6 Å². The molecule has 0 aliphatic rings. The quantitative estimate of drug-likeness (QED) is 0.457. The zero-order valence-electron chi connectivity index (χ0n) is 16.0. The van der Waals surface area contributed by atoms with E-state index in [9.17, 15) is 0 Å². The van der Waals surface area contributed by atoms with Crippen LogP contribution in [0.1, 0.15) is 12.1 Å². The van der Waals surface area contributed by atoms with E-state index in [0.717, 1.165) is 13.0 Å². The first-order chi connectivity index (χ1) is 14.1. The molecule has 0 unspecified atom stereocenters. The highest BCUT2D eigenvalue weighted by atomic mass is 35.5. The maximum absolute atomic E-state index is 8.81. The van der Waals surface area contributed by atoms with Gasteiger partial charge in [-0.3, -0.25) is 5.10 Å². The number of aromatic nitrogens is 4. The van der Waals surface area contributed by atoms with E-state index in [-0.39, 0.29) is 5.69 Å². The number of rotatable bonds is 9. The molecule has 3 aromatic rings. The zero-order valence-corrected chi connectivity index (χ0v) is 16.7. The Hall–Kier alpha value is -3.35. The summed E-state index contributed by atoms with van der Waals surface area (Å²) in [6.45, 7) is 1.37. The summed E-state index contributed by atoms with van der Waals surface area (Å²) in [5.74, 6) is 2.15. The molecule has 29 heavy (non-hydrogen) atoms. The molecule has 0 aliphatic carbocycles. The number of benzene rings is 1. The number of ether oxygens (including phenoxy) is 2. The molecular formula is C19H20ClN7O2. The van der Waals surface area contributed by atoms with Crippen molar-refractivity contribution in [3.05, 3.63) is 41.3 Å². The van der Waals surface area contributed by atoms with Crippen LogP contribution in [0.5, 0.6) is 11.5 Å². The Kier molecular flexibility index (Phi) is 6.84. The Morgan fingerprint density at radius 3 is 2.69 bits per heavy atom. The maximum Gasteiger partial charge on any atom is 0.158 e. The summed E-state index contributed by atoms with van der Waals surface area (Å²) in [4.78, 5) is 8.10. The summed E-state index contributed by atoms with van der Waals surface area (Å²) in [6, 6.07) is 7.19. The van der Waals surface area contributed by atoms with Crippen LogP contribution in [-0.4, -0.2) is 47.5 Å². The Morgan fingerprint density at radius 1 is 1.17 bits per heavy atom. The smallest absolute Gasteiger partial charge is 0.158 e. The Morgan fingerprint density at radius 2 is 2.00 bits per heavy atom. The predicted molar refractivity (Wildman–Crippen MR) is 110 cm³/mol. The second kappa shape index (κ2) is 9.73. The van der Waals surface area contributed by atoms with Gasteiger partial charge in [-0.2, -0.15) is 10.4 Å². The van der Waals surface area contributed by atoms with Crippen molar-refractivity contribution >= 4 is 23.2 Å². The largest absolute Gasteiger partial charge is 0.496 e. The van der Waals surface area contributed by atoms with Crippen LogP contribution in [0, 0.1) is 11.3 Å². The fraction of sp³-hybridized carbons (Fsp3) is 0.263. The van der Waals surface area contributed by atoms with E-state index in [1.54, 1.807) is 25.3 Å². The van der Waals surface area contributed by atoms with Gasteiger partial charge in [-0.1, -0.05) is 11.6 Å². The van der Waals surface area contributed by atoms with Crippen LogP contribution in [-0.2, 0) is 0 Å². The van der Waals surface area contributed by atoms with Crippen LogP contribution in [0.2, 0.25) is 5.02 Å². The van der Waals surface area contributed by atoms with Gasteiger partial charge in [0, 0.05) is 11.1 Å². The van der Waals surface area contributed by atoms with Crippen LogP contribution in [0.4, 0.5) is 11.6 Å². The molecule has 1 aromatic carbocycles. The van der Waals surface area contributed by atoms with Gasteiger partial charge < -0.3 is 20.1 Å². The third kappa shape index (κ3) is 5.13. The Labute approximate surface area is 173 Å². The van der Waals surface area contributed by atoms with Crippen molar-refractivity contribution in [1.29, 1.82) is 5.26 Å². The summed E-state index contributed by atoms with van der Waals surface area (Å²) in [6.07, 6.45) is 3.69. The first-order valence-electron chi connectivity index (χ1n) is 8.84. The third-order valence-electron chi connectivity index (χ3n) is 3.95. The number of hydrogen-bond donors (Lipinski definition) is 3. The molecule has 0 amide bonds. The molecule has 0 saturated heterocycles. The highest BCUT2D eigenvalue weighted by Crippen LogP contribution is 2.41. The highest BCUT2D eigenvalue weighted by molar-refractivity contribution is 6.31. The maximum atomic E-state index is 8.81. The molecule has 2 aromatic heterocycles. The van der Waals surface area contributed by atoms with Crippen LogP contribution in [0.25, 0.3) is 11.3 Å². The molecule has 0 spiro atoms. The molecular weight excluding hydrogens is 394 g/mol. The van der Waals surface area contributed by atoms with E-state index in [2.05, 4.69) is 30.8 Å². The molecule has 9 nitrogen and oxygen atoms in total. The lowest BCUT2D eigenvalue weighted by Crippen LogP contribution is -2.11. The van der Waals surface area contributed by atoms with E-state index >= 15 is 0 Å². The molecule has 0 bridgehead atoms. The Balaban J connectivity index is 1.86. The van der Waals surface area contributed by atoms with Gasteiger partial charge >= 0.3 is 0 Å². The molecule has 3 N–H and O–H groups in total. The summed E-state index contributed by atoms with van der Waals surface area (Å²) >= 11 is 6.22. The topological polar surface area (TPSA) is 121 Å². The van der Waals surface area contributed by atoms with Crippen molar-refractivity contribution < 1.29 is 9.47 Å². The molecule has 0 radical (unpaired) electrons. The van der Waals surface area contributed by atoms with Crippen LogP contribution in [0.3, 0.4) is 0 Å². The number of H-pyrrole nitrogens is 1. The monoisotopic (exact) mass is 413 g/mol. The van der Waals surface area contributed by atoms with E-state index < -0.39 is 0 Å². The SMILES string of the molecule is CNCCCOc1cc(Cl)cc(OC)c1-c1cc(Nc2cnc(C#N)cn2)n[nH]1. The summed E-state index contributed by atoms with van der Waals surface area (Å²) in [5.41, 5.74) is 1.64. The minimum atomic E-state index is 0.240. The lowest BCUT2D eigenvalue weighted by molar-refractivity contribution is 0.309. The van der Waals surface area contributed by atoms with Gasteiger partial charge in [-0.25, -0.2) is 9.97 Å². The van der Waals surface area contributed by atoms with Gasteiger partial charge in [0.15, 0.2) is 11.5 Å². The third-order valence-corrected chi connectivity index (χ3v) is 4.17. The fourth-order valence-electron chi connectivity index (χ4n) is 2.62. The average Bonchev–Trinajstić information content (AvgIpc) is 3.19. The molecule has 150 valence electrons. The van der Waals surface area contributed by atoms with E-state index in [4.69, 9.17) is 26.3 Å². The number of nitrogens with one attached hydrogen (secondary N) is 3. The normalized spacial score (nSPS) is 10.4. The molecule has 10 heteroatoms. The van der Waals surface area contributed by atoms with Gasteiger partial charge in [-0.15, -0.1) is 0 Å². The molecule has 0 atom stereocenters. The average molecular weight is 414 g/mol. The number of halogens is 1. The zero-order chi connectivity index (χ0) is 20.6. The second-order valence-corrected chi connectivity index (χ2v) is 6.41. The lowest BCUT2D eigenvalue weighted by Gasteiger charge is -2.14. The van der Waals surface area contributed by atoms with Gasteiger partial charge in [0.25, 0.3) is 0 Å². The van der Waals surface area contributed by atoms with E-state index in [1.807, 2.05) is 13.1 Å². The second-order valence-electron chi connectivity index (χ2n) is 5.98. The van der Waals surface area contributed by atoms with Gasteiger partial charge in [-0.05, 0) is 32.1 Å². The van der Waals surface area contributed by atoms with Crippen molar-refractivity contribution in [2.45, 2.75) is 6.42 Å². The van der Waals surface area contributed by atoms with Gasteiger partial charge in [0.2, 0.25) is 0 Å². The minimum absolute atomic E-state index is 0.240. The van der Waals surface area contributed by atoms with Crippen molar-refractivity contribution in [2.24, 2.45) is 0 Å². The summed E-state index contributed by atoms with van der Waals surface area (Å²) in [5, 5.41) is 22.7. The van der Waals surface area contributed by atoms with Crippen molar-refractivity contribution in [2.75, 3.05) is 32.6 Å². The number of aromatic amines is 1. The first kappa shape index (κ1) is 20.4. The van der Waals surface area contributed by atoms with Gasteiger partial charge in [0.1, 0.15) is 23.4 Å². The predicted octanol–water partition coefficient (Wildman–Crippen LogP) is 3.13. The molecule has 0 fully saturated rings. The number of methoxy groups -OCH3 is 1. The number of anilines is 2. The summed E-state index contributed by atoms with van der Waals surface area (Å²) in [7, 11) is 3.47. The van der Waals surface area contributed by atoms with Crippen molar-refractivity contribution in [3.8, 4) is 28.8 Å². The first-order valence-corrected chi connectivity index (χ1v) is 9.22. The Bertz CT molecular complexity index is 999. The minimum Gasteiger partial charge on any atom is -0.496 e. The van der Waals surface area contributed by atoms with E-state index in [1.165, 1.54) is 12.4 Å². The van der Waals surface area contributed by atoms with Crippen LogP contribution >= 0.6 is 11.6 Å². The number of nitriles is 1. The number of nitrogens with zero attached hydrogens (tertiary/aromatic N) is 4. The fourth-order valence-corrected chi connectivity index (χ4v) is 2.82. The molecule has 2 heterocycles. The number of hydrogen-bond acceptors (Lipinski definition) is 8. The highest BCUT2D eigenvalue weighted by Gasteiger charge is 2.17.